The van der Waals surface area contributed by atoms with Gasteiger partial charge in [0.05, 0.1) is 16.8 Å². The number of halogens is 1. The smallest absolute Gasteiger partial charge is 0.0762 e. The van der Waals surface area contributed by atoms with E-state index in [0.29, 0.717) is 6.04 Å². The summed E-state index contributed by atoms with van der Waals surface area (Å²) in [6.07, 6.45) is 6.00. The summed E-state index contributed by atoms with van der Waals surface area (Å²) in [5.41, 5.74) is 1.96. The first-order valence-electron chi connectivity index (χ1n) is 7.73. The Morgan fingerprint density at radius 3 is 2.45 bits per heavy atom. The van der Waals surface area contributed by atoms with Gasteiger partial charge in [-0.1, -0.05) is 31.0 Å². The molecular weight excluding hydrogens is 270 g/mol. The molecule has 1 fully saturated rings. The average Bonchev–Trinajstić information content (AvgIpc) is 2.46. The molecule has 0 saturated heterocycles. The van der Waals surface area contributed by atoms with Gasteiger partial charge in [0.25, 0.3) is 0 Å². The highest BCUT2D eigenvalue weighted by Gasteiger charge is 2.24. The van der Waals surface area contributed by atoms with Crippen LogP contribution in [0.15, 0.2) is 18.2 Å². The predicted octanol–water partition coefficient (Wildman–Crippen LogP) is 4.80. The van der Waals surface area contributed by atoms with Gasteiger partial charge in [0.15, 0.2) is 0 Å². The third-order valence-corrected chi connectivity index (χ3v) is 5.08. The number of hydrogen-bond acceptors (Lipinski definition) is 2. The fraction of sp³-hybridized carbons (Fsp3) is 0.647. The Kier molecular flexibility index (Phi) is 5.34. The molecule has 0 heterocycles. The predicted molar refractivity (Wildman–Crippen MR) is 86.5 cm³/mol. The standard InChI is InChI=1S/C17H26ClNO/c1-4-13-5-8-15(9-6-13)19(3)17-10-7-14(12(2)20)11-16(17)18/h7,10-13,15,20H,4-6,8-9H2,1-3H3. The molecule has 0 amide bonds. The molecule has 1 unspecified atom stereocenters. The maximum atomic E-state index is 9.61. The third kappa shape index (κ3) is 3.48. The molecule has 2 rings (SSSR count). The van der Waals surface area contributed by atoms with Crippen molar-refractivity contribution in [3.8, 4) is 0 Å². The molecule has 2 nitrogen and oxygen atoms in total. The SMILES string of the molecule is CCC1CCC(N(C)c2ccc(C(C)O)cc2Cl)CC1. The zero-order valence-corrected chi connectivity index (χ0v) is 13.5. The van der Waals surface area contributed by atoms with Crippen LogP contribution in [0.25, 0.3) is 0 Å². The number of nitrogens with zero attached hydrogens (tertiary/aromatic N) is 1. The molecule has 112 valence electrons. The average molecular weight is 296 g/mol. The second kappa shape index (κ2) is 6.82. The van der Waals surface area contributed by atoms with Crippen LogP contribution in [0.3, 0.4) is 0 Å². The Labute approximate surface area is 127 Å². The molecule has 0 aliphatic heterocycles. The summed E-state index contributed by atoms with van der Waals surface area (Å²) >= 11 is 6.39. The van der Waals surface area contributed by atoms with Crippen LogP contribution in [0.4, 0.5) is 5.69 Å². The summed E-state index contributed by atoms with van der Waals surface area (Å²) in [6, 6.07) is 6.49. The largest absolute Gasteiger partial charge is 0.389 e. The van der Waals surface area contributed by atoms with Crippen LogP contribution in [0, 0.1) is 5.92 Å². The van der Waals surface area contributed by atoms with Gasteiger partial charge in [0.1, 0.15) is 0 Å². The minimum Gasteiger partial charge on any atom is -0.389 e. The lowest BCUT2D eigenvalue weighted by Gasteiger charge is -2.36. The minimum absolute atomic E-state index is 0.466. The molecule has 20 heavy (non-hydrogen) atoms. The minimum atomic E-state index is -0.466. The molecule has 1 N–H and O–H groups in total. The monoisotopic (exact) mass is 295 g/mol. The number of hydrogen-bond donors (Lipinski definition) is 1. The lowest BCUT2D eigenvalue weighted by Crippen LogP contribution is -2.35. The molecule has 1 aliphatic carbocycles. The second-order valence-corrected chi connectivity index (χ2v) is 6.49. The van der Waals surface area contributed by atoms with Gasteiger partial charge in [-0.3, -0.25) is 0 Å². The molecular formula is C17H26ClNO. The van der Waals surface area contributed by atoms with Gasteiger partial charge in [-0.05, 0) is 56.2 Å². The normalized spacial score (nSPS) is 24.4. The number of anilines is 1. The topological polar surface area (TPSA) is 23.5 Å². The van der Waals surface area contributed by atoms with E-state index in [-0.39, 0.29) is 0 Å². The summed E-state index contributed by atoms with van der Waals surface area (Å²) in [5.74, 6) is 0.910. The van der Waals surface area contributed by atoms with Crippen molar-refractivity contribution < 1.29 is 5.11 Å². The second-order valence-electron chi connectivity index (χ2n) is 6.08. The van der Waals surface area contributed by atoms with Crippen molar-refractivity contribution in [2.45, 2.75) is 58.1 Å². The van der Waals surface area contributed by atoms with Crippen molar-refractivity contribution in [2.75, 3.05) is 11.9 Å². The van der Waals surface area contributed by atoms with E-state index in [1.807, 2.05) is 18.2 Å². The zero-order chi connectivity index (χ0) is 14.7. The molecule has 1 atom stereocenters. The first-order valence-corrected chi connectivity index (χ1v) is 8.11. The fourth-order valence-electron chi connectivity index (χ4n) is 3.21. The van der Waals surface area contributed by atoms with E-state index in [0.717, 1.165) is 22.2 Å². The molecule has 3 heteroatoms. The van der Waals surface area contributed by atoms with E-state index in [1.54, 1.807) is 6.92 Å². The van der Waals surface area contributed by atoms with Gasteiger partial charge < -0.3 is 10.0 Å². The van der Waals surface area contributed by atoms with Crippen molar-refractivity contribution in [3.63, 3.8) is 0 Å². The number of rotatable bonds is 4. The fourth-order valence-corrected chi connectivity index (χ4v) is 3.53. The van der Waals surface area contributed by atoms with E-state index in [4.69, 9.17) is 11.6 Å². The summed E-state index contributed by atoms with van der Waals surface area (Å²) < 4.78 is 0. The van der Waals surface area contributed by atoms with E-state index < -0.39 is 6.10 Å². The highest BCUT2D eigenvalue weighted by molar-refractivity contribution is 6.33. The van der Waals surface area contributed by atoms with Crippen LogP contribution in [-0.2, 0) is 0 Å². The van der Waals surface area contributed by atoms with Crippen molar-refractivity contribution in [3.05, 3.63) is 28.8 Å². The van der Waals surface area contributed by atoms with Crippen molar-refractivity contribution >= 4 is 17.3 Å². The van der Waals surface area contributed by atoms with Gasteiger partial charge in [-0.2, -0.15) is 0 Å². The van der Waals surface area contributed by atoms with Crippen LogP contribution in [0.5, 0.6) is 0 Å². The molecule has 0 aromatic heterocycles. The molecule has 1 aromatic rings. The summed E-state index contributed by atoms with van der Waals surface area (Å²) in [6.45, 7) is 4.06. The Balaban J connectivity index is 2.07. The zero-order valence-electron chi connectivity index (χ0n) is 12.8. The Hall–Kier alpha value is -0.730. The quantitative estimate of drug-likeness (QED) is 0.862. The van der Waals surface area contributed by atoms with Gasteiger partial charge >= 0.3 is 0 Å². The van der Waals surface area contributed by atoms with Gasteiger partial charge in [-0.25, -0.2) is 0 Å². The Bertz CT molecular complexity index is 439. The van der Waals surface area contributed by atoms with Gasteiger partial charge in [0, 0.05) is 13.1 Å². The molecule has 0 bridgehead atoms. The van der Waals surface area contributed by atoms with E-state index in [2.05, 4.69) is 18.9 Å². The van der Waals surface area contributed by atoms with E-state index in [9.17, 15) is 5.11 Å². The van der Waals surface area contributed by atoms with Crippen molar-refractivity contribution in [1.29, 1.82) is 0 Å². The number of aliphatic hydroxyl groups is 1. The Morgan fingerprint density at radius 2 is 1.95 bits per heavy atom. The van der Waals surface area contributed by atoms with Gasteiger partial charge in [-0.15, -0.1) is 0 Å². The summed E-state index contributed by atoms with van der Waals surface area (Å²) in [5, 5.41) is 10.3. The van der Waals surface area contributed by atoms with Crippen LogP contribution < -0.4 is 4.90 Å². The van der Waals surface area contributed by atoms with Crippen LogP contribution in [0.2, 0.25) is 5.02 Å². The van der Waals surface area contributed by atoms with Crippen LogP contribution >= 0.6 is 11.6 Å². The maximum Gasteiger partial charge on any atom is 0.0762 e. The third-order valence-electron chi connectivity index (χ3n) is 4.78. The molecule has 0 spiro atoms. The highest BCUT2D eigenvalue weighted by atomic mass is 35.5. The maximum absolute atomic E-state index is 9.61. The Morgan fingerprint density at radius 1 is 1.30 bits per heavy atom. The van der Waals surface area contributed by atoms with E-state index >= 15 is 0 Å². The lowest BCUT2D eigenvalue weighted by atomic mass is 9.84. The first kappa shape index (κ1) is 15.7. The van der Waals surface area contributed by atoms with Crippen molar-refractivity contribution in [2.24, 2.45) is 5.92 Å². The van der Waals surface area contributed by atoms with Crippen LogP contribution in [-0.4, -0.2) is 18.2 Å². The lowest BCUT2D eigenvalue weighted by molar-refractivity contribution is 0.199. The molecule has 0 radical (unpaired) electrons. The summed E-state index contributed by atoms with van der Waals surface area (Å²) in [4.78, 5) is 2.32. The first-order chi connectivity index (χ1) is 9.52. The highest BCUT2D eigenvalue weighted by Crippen LogP contribution is 2.35. The number of benzene rings is 1. The summed E-state index contributed by atoms with van der Waals surface area (Å²) in [7, 11) is 2.14. The molecule has 1 aromatic carbocycles. The van der Waals surface area contributed by atoms with Crippen molar-refractivity contribution in [1.82, 2.24) is 0 Å². The van der Waals surface area contributed by atoms with E-state index in [1.165, 1.54) is 32.1 Å². The number of aliphatic hydroxyl groups excluding tert-OH is 1. The molecule has 1 aliphatic rings. The van der Waals surface area contributed by atoms with Crippen LogP contribution in [0.1, 0.15) is 57.6 Å². The van der Waals surface area contributed by atoms with Gasteiger partial charge in [0.2, 0.25) is 0 Å². The molecule has 1 saturated carbocycles.